The number of carboxylic acid groups (broad SMARTS) is 1. The third-order valence-corrected chi connectivity index (χ3v) is 5.28. The van der Waals surface area contributed by atoms with E-state index in [-0.39, 0.29) is 18.2 Å². The first-order chi connectivity index (χ1) is 14.1. The number of aliphatic carboxylic acids is 1. The molecule has 4 rings (SSSR count). The Labute approximate surface area is 168 Å². The first-order valence-electron chi connectivity index (χ1n) is 9.82. The lowest BCUT2D eigenvalue weighted by atomic mass is 9.93. The lowest BCUT2D eigenvalue weighted by molar-refractivity contribution is -0.137. The summed E-state index contributed by atoms with van der Waals surface area (Å²) < 4.78 is 7.12. The number of amides is 1. The van der Waals surface area contributed by atoms with Crippen LogP contribution in [0.25, 0.3) is 17.1 Å². The van der Waals surface area contributed by atoms with Gasteiger partial charge >= 0.3 is 5.97 Å². The van der Waals surface area contributed by atoms with Gasteiger partial charge in [-0.1, -0.05) is 18.2 Å². The summed E-state index contributed by atoms with van der Waals surface area (Å²) in [7, 11) is 0. The van der Waals surface area contributed by atoms with E-state index in [2.05, 4.69) is 5.10 Å². The summed E-state index contributed by atoms with van der Waals surface area (Å²) in [4.78, 5) is 26.1. The molecular formula is C22H23N3O4. The molecule has 1 aliphatic heterocycles. The maximum absolute atomic E-state index is 13.4. The van der Waals surface area contributed by atoms with Crippen molar-refractivity contribution in [2.75, 3.05) is 13.1 Å². The molecule has 2 aromatic heterocycles. The van der Waals surface area contributed by atoms with Crippen LogP contribution in [0.1, 0.15) is 36.2 Å². The van der Waals surface area contributed by atoms with Gasteiger partial charge in [-0.25, -0.2) is 4.68 Å². The molecule has 0 spiro atoms. The van der Waals surface area contributed by atoms with Crippen LogP contribution in [0.3, 0.4) is 0 Å². The molecule has 0 bridgehead atoms. The number of carbonyl (C=O) groups is 2. The number of likely N-dealkylation sites (tertiary alicyclic amines) is 1. The van der Waals surface area contributed by atoms with Crippen LogP contribution >= 0.6 is 0 Å². The Kier molecular flexibility index (Phi) is 5.46. The summed E-state index contributed by atoms with van der Waals surface area (Å²) in [5.41, 5.74) is 1.87. The molecule has 3 heterocycles. The number of rotatable bonds is 6. The van der Waals surface area contributed by atoms with Crippen LogP contribution in [-0.2, 0) is 4.79 Å². The Balaban J connectivity index is 1.62. The van der Waals surface area contributed by atoms with E-state index in [1.165, 1.54) is 0 Å². The zero-order valence-electron chi connectivity index (χ0n) is 16.0. The van der Waals surface area contributed by atoms with Crippen LogP contribution in [0, 0.1) is 5.92 Å². The fraction of sp³-hybridized carbons (Fsp3) is 0.318. The van der Waals surface area contributed by atoms with E-state index in [1.807, 2.05) is 41.3 Å². The molecule has 1 amide bonds. The maximum Gasteiger partial charge on any atom is 0.303 e. The number of aromatic nitrogens is 2. The van der Waals surface area contributed by atoms with Crippen LogP contribution in [0.5, 0.6) is 0 Å². The number of hydrogen-bond acceptors (Lipinski definition) is 4. The number of nitrogens with zero attached hydrogens (tertiary/aromatic N) is 3. The van der Waals surface area contributed by atoms with E-state index in [9.17, 15) is 9.59 Å². The number of furan rings is 1. The number of piperidine rings is 1. The van der Waals surface area contributed by atoms with Gasteiger partial charge in [0, 0.05) is 25.6 Å². The standard InChI is InChI=1S/C22H23N3O4/c26-21(27)11-10-16-6-4-12-24(15-16)22(28)19-14-18(20-9-5-13-29-20)23-25(19)17-7-2-1-3-8-17/h1-3,5,7-9,13-14,16H,4,6,10-12,15H2,(H,26,27). The van der Waals surface area contributed by atoms with Crippen LogP contribution in [-0.4, -0.2) is 44.8 Å². The van der Waals surface area contributed by atoms with Crippen molar-refractivity contribution in [2.24, 2.45) is 5.92 Å². The molecule has 1 unspecified atom stereocenters. The quantitative estimate of drug-likeness (QED) is 0.687. The second-order valence-electron chi connectivity index (χ2n) is 7.33. The van der Waals surface area contributed by atoms with Gasteiger partial charge in [0.25, 0.3) is 5.91 Å². The summed E-state index contributed by atoms with van der Waals surface area (Å²) >= 11 is 0. The molecule has 1 atom stereocenters. The lowest BCUT2D eigenvalue weighted by Crippen LogP contribution is -2.40. The highest BCUT2D eigenvalue weighted by atomic mass is 16.4. The number of carbonyl (C=O) groups excluding carboxylic acids is 1. The van der Waals surface area contributed by atoms with E-state index < -0.39 is 5.97 Å². The van der Waals surface area contributed by atoms with Crippen molar-refractivity contribution in [1.82, 2.24) is 14.7 Å². The van der Waals surface area contributed by atoms with E-state index in [1.54, 1.807) is 23.1 Å². The SMILES string of the molecule is O=C(O)CCC1CCCN(C(=O)c2cc(-c3ccco3)nn2-c2ccccc2)C1. The minimum Gasteiger partial charge on any atom is -0.481 e. The molecule has 0 aliphatic carbocycles. The highest BCUT2D eigenvalue weighted by Gasteiger charge is 2.28. The Bertz CT molecular complexity index is 979. The van der Waals surface area contributed by atoms with Gasteiger partial charge in [0.1, 0.15) is 11.4 Å². The molecule has 0 saturated carbocycles. The molecule has 1 fully saturated rings. The van der Waals surface area contributed by atoms with Gasteiger partial charge in [0.15, 0.2) is 5.76 Å². The molecule has 3 aromatic rings. The van der Waals surface area contributed by atoms with Crippen LogP contribution in [0.2, 0.25) is 0 Å². The van der Waals surface area contributed by atoms with Crippen molar-refractivity contribution in [3.63, 3.8) is 0 Å². The van der Waals surface area contributed by atoms with Crippen LogP contribution in [0.4, 0.5) is 0 Å². The summed E-state index contributed by atoms with van der Waals surface area (Å²) in [6, 6.07) is 14.9. The minimum absolute atomic E-state index is 0.0980. The number of para-hydroxylation sites is 1. The van der Waals surface area contributed by atoms with E-state index in [4.69, 9.17) is 9.52 Å². The van der Waals surface area contributed by atoms with E-state index in [0.717, 1.165) is 18.5 Å². The fourth-order valence-corrected chi connectivity index (χ4v) is 3.82. The topological polar surface area (TPSA) is 88.6 Å². The molecule has 7 heteroatoms. The first kappa shape index (κ1) is 19.0. The van der Waals surface area contributed by atoms with Gasteiger partial charge < -0.3 is 14.4 Å². The summed E-state index contributed by atoms with van der Waals surface area (Å²) in [5, 5.41) is 13.6. The second-order valence-corrected chi connectivity index (χ2v) is 7.33. The zero-order valence-corrected chi connectivity index (χ0v) is 16.0. The molecule has 1 aromatic carbocycles. The van der Waals surface area contributed by atoms with E-state index >= 15 is 0 Å². The summed E-state index contributed by atoms with van der Waals surface area (Å²) in [6.45, 7) is 1.24. The molecule has 1 aliphatic rings. The molecule has 150 valence electrons. The first-order valence-corrected chi connectivity index (χ1v) is 9.82. The van der Waals surface area contributed by atoms with Gasteiger partial charge in [0.05, 0.1) is 12.0 Å². The van der Waals surface area contributed by atoms with Crippen LogP contribution < -0.4 is 0 Å². The van der Waals surface area contributed by atoms with Gasteiger partial charge in [-0.2, -0.15) is 5.10 Å². The minimum atomic E-state index is -0.793. The van der Waals surface area contributed by atoms with Crippen molar-refractivity contribution in [2.45, 2.75) is 25.7 Å². The van der Waals surface area contributed by atoms with Crippen molar-refractivity contribution in [3.05, 3.63) is 60.5 Å². The highest BCUT2D eigenvalue weighted by molar-refractivity contribution is 5.94. The largest absolute Gasteiger partial charge is 0.481 e. The molecular weight excluding hydrogens is 370 g/mol. The lowest BCUT2D eigenvalue weighted by Gasteiger charge is -2.32. The molecule has 7 nitrogen and oxygen atoms in total. The van der Waals surface area contributed by atoms with Crippen molar-refractivity contribution >= 4 is 11.9 Å². The van der Waals surface area contributed by atoms with Gasteiger partial charge in [-0.3, -0.25) is 9.59 Å². The molecule has 1 saturated heterocycles. The second kappa shape index (κ2) is 8.34. The monoisotopic (exact) mass is 393 g/mol. The predicted molar refractivity (Wildman–Crippen MR) is 107 cm³/mol. The average molecular weight is 393 g/mol. The predicted octanol–water partition coefficient (Wildman–Crippen LogP) is 3.85. The summed E-state index contributed by atoms with van der Waals surface area (Å²) in [5.74, 6) is -0.0778. The van der Waals surface area contributed by atoms with Gasteiger partial charge in [-0.15, -0.1) is 0 Å². The number of benzene rings is 1. The molecule has 0 radical (unpaired) electrons. The van der Waals surface area contributed by atoms with Crippen molar-refractivity contribution in [1.29, 1.82) is 0 Å². The summed E-state index contributed by atoms with van der Waals surface area (Å²) in [6.07, 6.45) is 4.13. The highest BCUT2D eigenvalue weighted by Crippen LogP contribution is 2.26. The van der Waals surface area contributed by atoms with E-state index in [0.29, 0.717) is 36.7 Å². The van der Waals surface area contributed by atoms with Gasteiger partial charge in [0.2, 0.25) is 0 Å². The number of carboxylic acids is 1. The number of hydrogen-bond donors (Lipinski definition) is 1. The third kappa shape index (κ3) is 4.23. The Morgan fingerprint density at radius 3 is 2.72 bits per heavy atom. The Morgan fingerprint density at radius 2 is 2.00 bits per heavy atom. The van der Waals surface area contributed by atoms with Crippen molar-refractivity contribution < 1.29 is 19.1 Å². The normalized spacial score (nSPS) is 16.7. The maximum atomic E-state index is 13.4. The third-order valence-electron chi connectivity index (χ3n) is 5.28. The molecule has 29 heavy (non-hydrogen) atoms. The Morgan fingerprint density at radius 1 is 1.17 bits per heavy atom. The average Bonchev–Trinajstić information content (AvgIpc) is 3.42. The van der Waals surface area contributed by atoms with Gasteiger partial charge in [-0.05, 0) is 49.4 Å². The fourth-order valence-electron chi connectivity index (χ4n) is 3.82. The smallest absolute Gasteiger partial charge is 0.303 e. The van der Waals surface area contributed by atoms with Crippen molar-refractivity contribution in [3.8, 4) is 17.1 Å². The zero-order chi connectivity index (χ0) is 20.2. The van der Waals surface area contributed by atoms with Crippen LogP contribution in [0.15, 0.2) is 59.2 Å². The molecule has 1 N–H and O–H groups in total. The Hall–Kier alpha value is -3.35.